The van der Waals surface area contributed by atoms with Gasteiger partial charge in [0.1, 0.15) is 11.5 Å². The Morgan fingerprint density at radius 2 is 1.89 bits per heavy atom. The van der Waals surface area contributed by atoms with Crippen LogP contribution in [-0.2, 0) is 0 Å². The lowest BCUT2D eigenvalue weighted by Crippen LogP contribution is -1.86. The van der Waals surface area contributed by atoms with E-state index >= 15 is 0 Å². The van der Waals surface area contributed by atoms with Crippen molar-refractivity contribution in [1.82, 2.24) is 0 Å². The molecule has 0 aliphatic carbocycles. The molecule has 0 aliphatic heterocycles. The van der Waals surface area contributed by atoms with Gasteiger partial charge in [-0.3, -0.25) is 4.99 Å². The standard InChI is InChI=1S/C14H12ClNO2/c1-18-13-7-2-10(14(17)8-13)9-16-12-5-3-11(15)4-6-12/h2-9,17H,1H3. The first-order valence-electron chi connectivity index (χ1n) is 5.35. The predicted molar refractivity (Wildman–Crippen MR) is 73.4 cm³/mol. The Labute approximate surface area is 110 Å². The van der Waals surface area contributed by atoms with E-state index in [1.807, 2.05) is 0 Å². The summed E-state index contributed by atoms with van der Waals surface area (Å²) < 4.78 is 5.01. The lowest BCUT2D eigenvalue weighted by atomic mass is 10.2. The molecule has 0 saturated heterocycles. The van der Waals surface area contributed by atoms with Gasteiger partial charge in [0.2, 0.25) is 0 Å². The fraction of sp³-hybridized carbons (Fsp3) is 0.0714. The van der Waals surface area contributed by atoms with E-state index in [9.17, 15) is 5.11 Å². The number of aromatic hydroxyl groups is 1. The van der Waals surface area contributed by atoms with E-state index < -0.39 is 0 Å². The number of phenolic OH excluding ortho intramolecular Hbond substituents is 1. The van der Waals surface area contributed by atoms with Crippen LogP contribution in [0.15, 0.2) is 47.5 Å². The van der Waals surface area contributed by atoms with E-state index in [4.69, 9.17) is 16.3 Å². The van der Waals surface area contributed by atoms with Crippen LogP contribution in [0, 0.1) is 0 Å². The summed E-state index contributed by atoms with van der Waals surface area (Å²) in [7, 11) is 1.55. The summed E-state index contributed by atoms with van der Waals surface area (Å²) in [5.41, 5.74) is 1.40. The van der Waals surface area contributed by atoms with Gasteiger partial charge in [0.05, 0.1) is 12.8 Å². The zero-order valence-corrected chi connectivity index (χ0v) is 10.6. The number of hydrogen-bond acceptors (Lipinski definition) is 3. The first-order chi connectivity index (χ1) is 8.69. The number of aliphatic imine (C=N–C) groups is 1. The van der Waals surface area contributed by atoms with Gasteiger partial charge in [-0.05, 0) is 36.4 Å². The monoisotopic (exact) mass is 261 g/mol. The van der Waals surface area contributed by atoms with E-state index in [0.717, 1.165) is 5.69 Å². The number of ether oxygens (including phenoxy) is 1. The topological polar surface area (TPSA) is 41.8 Å². The molecule has 2 rings (SSSR count). The highest BCUT2D eigenvalue weighted by Crippen LogP contribution is 2.23. The molecule has 0 saturated carbocycles. The van der Waals surface area contributed by atoms with Crippen LogP contribution in [0.4, 0.5) is 5.69 Å². The molecule has 92 valence electrons. The van der Waals surface area contributed by atoms with Crippen molar-refractivity contribution in [2.45, 2.75) is 0 Å². The number of hydrogen-bond donors (Lipinski definition) is 1. The molecule has 4 heteroatoms. The maximum absolute atomic E-state index is 9.75. The highest BCUT2D eigenvalue weighted by Gasteiger charge is 2.00. The Hall–Kier alpha value is -2.00. The van der Waals surface area contributed by atoms with Crippen molar-refractivity contribution < 1.29 is 9.84 Å². The van der Waals surface area contributed by atoms with Crippen LogP contribution in [0.3, 0.4) is 0 Å². The summed E-state index contributed by atoms with van der Waals surface area (Å²) in [4.78, 5) is 4.25. The summed E-state index contributed by atoms with van der Waals surface area (Å²) in [5, 5.41) is 10.4. The van der Waals surface area contributed by atoms with Crippen molar-refractivity contribution in [3.63, 3.8) is 0 Å². The van der Waals surface area contributed by atoms with Crippen molar-refractivity contribution in [3.8, 4) is 11.5 Å². The Bertz CT molecular complexity index is 565. The lowest BCUT2D eigenvalue weighted by molar-refractivity contribution is 0.407. The molecular weight excluding hydrogens is 250 g/mol. The van der Waals surface area contributed by atoms with Gasteiger partial charge in [-0.1, -0.05) is 11.6 Å². The Morgan fingerprint density at radius 3 is 2.50 bits per heavy atom. The molecule has 0 atom stereocenters. The van der Waals surface area contributed by atoms with Crippen LogP contribution >= 0.6 is 11.6 Å². The first-order valence-corrected chi connectivity index (χ1v) is 5.73. The van der Waals surface area contributed by atoms with Crippen LogP contribution < -0.4 is 4.74 Å². The van der Waals surface area contributed by atoms with Crippen molar-refractivity contribution >= 4 is 23.5 Å². The van der Waals surface area contributed by atoms with E-state index in [2.05, 4.69) is 4.99 Å². The van der Waals surface area contributed by atoms with Gasteiger partial charge in [0.25, 0.3) is 0 Å². The van der Waals surface area contributed by atoms with Gasteiger partial charge in [0, 0.05) is 22.9 Å². The molecule has 0 spiro atoms. The predicted octanol–water partition coefficient (Wildman–Crippen LogP) is 3.80. The van der Waals surface area contributed by atoms with Gasteiger partial charge in [-0.25, -0.2) is 0 Å². The van der Waals surface area contributed by atoms with Gasteiger partial charge in [0.15, 0.2) is 0 Å². The van der Waals surface area contributed by atoms with Crippen LogP contribution in [0.25, 0.3) is 0 Å². The normalized spacial score (nSPS) is 10.8. The molecule has 0 amide bonds. The molecule has 3 nitrogen and oxygen atoms in total. The Morgan fingerprint density at radius 1 is 1.17 bits per heavy atom. The number of methoxy groups -OCH3 is 1. The second-order valence-corrected chi connectivity index (χ2v) is 4.10. The molecule has 2 aromatic rings. The number of nitrogens with zero attached hydrogens (tertiary/aromatic N) is 1. The minimum atomic E-state index is 0.132. The number of benzene rings is 2. The van der Waals surface area contributed by atoms with Crippen LogP contribution in [-0.4, -0.2) is 18.4 Å². The average molecular weight is 262 g/mol. The minimum Gasteiger partial charge on any atom is -0.507 e. The molecule has 0 bridgehead atoms. The Kier molecular flexibility index (Phi) is 3.85. The van der Waals surface area contributed by atoms with Crippen LogP contribution in [0.2, 0.25) is 5.02 Å². The third kappa shape index (κ3) is 3.02. The summed E-state index contributed by atoms with van der Waals surface area (Å²) in [5.74, 6) is 0.739. The number of rotatable bonds is 3. The molecule has 0 aliphatic rings. The van der Waals surface area contributed by atoms with Crippen molar-refractivity contribution in [2.24, 2.45) is 4.99 Å². The SMILES string of the molecule is COc1ccc(C=Nc2ccc(Cl)cc2)c(O)c1. The highest BCUT2D eigenvalue weighted by atomic mass is 35.5. The zero-order valence-electron chi connectivity index (χ0n) is 9.80. The molecule has 0 heterocycles. The molecular formula is C14H12ClNO2. The largest absolute Gasteiger partial charge is 0.507 e. The quantitative estimate of drug-likeness (QED) is 0.854. The third-order valence-corrected chi connectivity index (χ3v) is 2.67. The zero-order chi connectivity index (χ0) is 13.0. The van der Waals surface area contributed by atoms with Gasteiger partial charge >= 0.3 is 0 Å². The molecule has 2 aromatic carbocycles. The summed E-state index contributed by atoms with van der Waals surface area (Å²) in [6, 6.07) is 12.2. The number of halogens is 1. The minimum absolute atomic E-state index is 0.132. The van der Waals surface area contributed by atoms with Crippen molar-refractivity contribution in [3.05, 3.63) is 53.1 Å². The fourth-order valence-electron chi connectivity index (χ4n) is 1.43. The summed E-state index contributed by atoms with van der Waals surface area (Å²) >= 11 is 5.78. The van der Waals surface area contributed by atoms with E-state index in [1.165, 1.54) is 0 Å². The van der Waals surface area contributed by atoms with E-state index in [-0.39, 0.29) is 5.75 Å². The second-order valence-electron chi connectivity index (χ2n) is 3.66. The fourth-order valence-corrected chi connectivity index (χ4v) is 1.56. The molecule has 0 aromatic heterocycles. The van der Waals surface area contributed by atoms with Gasteiger partial charge in [-0.15, -0.1) is 0 Å². The molecule has 1 N–H and O–H groups in total. The van der Waals surface area contributed by atoms with E-state index in [0.29, 0.717) is 16.3 Å². The molecule has 0 radical (unpaired) electrons. The summed E-state index contributed by atoms with van der Waals surface area (Å²) in [6.45, 7) is 0. The van der Waals surface area contributed by atoms with Crippen LogP contribution in [0.5, 0.6) is 11.5 Å². The maximum Gasteiger partial charge on any atom is 0.128 e. The summed E-state index contributed by atoms with van der Waals surface area (Å²) in [6.07, 6.45) is 1.60. The average Bonchev–Trinajstić information content (AvgIpc) is 2.39. The smallest absolute Gasteiger partial charge is 0.128 e. The molecule has 18 heavy (non-hydrogen) atoms. The van der Waals surface area contributed by atoms with Gasteiger partial charge in [-0.2, -0.15) is 0 Å². The maximum atomic E-state index is 9.75. The van der Waals surface area contributed by atoms with Crippen molar-refractivity contribution in [1.29, 1.82) is 0 Å². The lowest BCUT2D eigenvalue weighted by Gasteiger charge is -2.02. The second kappa shape index (κ2) is 5.56. The first kappa shape index (κ1) is 12.5. The van der Waals surface area contributed by atoms with E-state index in [1.54, 1.807) is 55.8 Å². The molecule has 0 fully saturated rings. The Balaban J connectivity index is 2.20. The highest BCUT2D eigenvalue weighted by molar-refractivity contribution is 6.30. The van der Waals surface area contributed by atoms with Crippen LogP contribution in [0.1, 0.15) is 5.56 Å². The van der Waals surface area contributed by atoms with Gasteiger partial charge < -0.3 is 9.84 Å². The molecule has 0 unspecified atom stereocenters. The third-order valence-electron chi connectivity index (χ3n) is 2.42. The number of phenols is 1. The van der Waals surface area contributed by atoms with Crippen molar-refractivity contribution in [2.75, 3.05) is 7.11 Å².